The van der Waals surface area contributed by atoms with E-state index in [1.807, 2.05) is 27.7 Å². The van der Waals surface area contributed by atoms with Gasteiger partial charge in [0.1, 0.15) is 50.8 Å². The highest BCUT2D eigenvalue weighted by Gasteiger charge is 2.38. The maximum absolute atomic E-state index is 12.7. The molecule has 0 bridgehead atoms. The fourth-order valence-corrected chi connectivity index (χ4v) is 7.38. The van der Waals surface area contributed by atoms with E-state index < -0.39 is 106 Å². The molecule has 0 aliphatic carbocycles. The van der Waals surface area contributed by atoms with Gasteiger partial charge < -0.3 is 99.4 Å². The molecule has 0 heterocycles. The average Bonchev–Trinajstić information content (AvgIpc) is 0.882. The summed E-state index contributed by atoms with van der Waals surface area (Å²) >= 11 is 0. The first-order valence-corrected chi connectivity index (χ1v) is 33.4. The minimum absolute atomic E-state index is 0.0699. The Labute approximate surface area is 570 Å². The minimum atomic E-state index is -1.53. The van der Waals surface area contributed by atoms with Crippen LogP contribution in [-0.4, -0.2) is 295 Å². The van der Waals surface area contributed by atoms with Crippen molar-refractivity contribution in [3.8, 4) is 0 Å². The zero-order chi connectivity index (χ0) is 71.8. The van der Waals surface area contributed by atoms with E-state index in [1.165, 1.54) is 13.8 Å². The maximum Gasteiger partial charge on any atom is 0.438 e. The van der Waals surface area contributed by atoms with E-state index in [9.17, 15) is 38.4 Å². The highest BCUT2D eigenvalue weighted by molar-refractivity contribution is 5.80. The van der Waals surface area contributed by atoms with Crippen molar-refractivity contribution in [3.05, 3.63) is 0 Å². The van der Waals surface area contributed by atoms with Gasteiger partial charge in [-0.3, -0.25) is 38.5 Å². The highest BCUT2D eigenvalue weighted by atomic mass is 17.2. The quantitative estimate of drug-likeness (QED) is 0.0227. The first kappa shape index (κ1) is 91.6. The molecule has 0 aromatic rings. The number of nitrogens with one attached hydrogen (secondary N) is 8. The number of hydrogen-bond donors (Lipinski definition) is 8. The van der Waals surface area contributed by atoms with Crippen molar-refractivity contribution in [3.63, 3.8) is 0 Å². The number of hydrogen-bond acceptors (Lipinski definition) is 28. The van der Waals surface area contributed by atoms with Crippen LogP contribution in [0.4, 0.5) is 9.59 Å². The van der Waals surface area contributed by atoms with Crippen LogP contribution in [0.15, 0.2) is 0 Å². The molecule has 4 atom stereocenters. The Balaban J connectivity index is 7.94. The Morgan fingerprint density at radius 2 is 0.526 bits per heavy atom. The van der Waals surface area contributed by atoms with Crippen molar-refractivity contribution in [1.29, 1.82) is 0 Å². The molecule has 8 N–H and O–H groups in total. The second-order valence-corrected chi connectivity index (χ2v) is 21.0. The molecule has 568 valence electrons. The minimum Gasteiger partial charge on any atom is -0.379 e. The number of rotatable bonds is 68. The summed E-state index contributed by atoms with van der Waals surface area (Å²) in [4.78, 5) is 141. The summed E-state index contributed by atoms with van der Waals surface area (Å²) in [5.74, 6) is -1.63. The van der Waals surface area contributed by atoms with Crippen LogP contribution in [-0.2, 0) is 125 Å². The van der Waals surface area contributed by atoms with Crippen LogP contribution in [0, 0.1) is 5.41 Å². The smallest absolute Gasteiger partial charge is 0.379 e. The van der Waals surface area contributed by atoms with Crippen LogP contribution in [0.5, 0.6) is 0 Å². The number of amides is 8. The van der Waals surface area contributed by atoms with Crippen molar-refractivity contribution in [1.82, 2.24) is 42.5 Å². The number of carbonyl (C=O) groups excluding carboxylic acids is 8. The summed E-state index contributed by atoms with van der Waals surface area (Å²) in [5.41, 5.74) is -1.53. The van der Waals surface area contributed by atoms with Gasteiger partial charge in [-0.2, -0.15) is 9.78 Å². The molecule has 36 nitrogen and oxygen atoms in total. The first-order valence-electron chi connectivity index (χ1n) is 33.4. The molecule has 0 aromatic carbocycles. The van der Waals surface area contributed by atoms with Crippen LogP contribution in [0.1, 0.15) is 94.9 Å². The lowest BCUT2D eigenvalue weighted by molar-refractivity contribution is -0.338. The molecule has 0 rings (SSSR count). The van der Waals surface area contributed by atoms with Crippen molar-refractivity contribution < 1.29 is 134 Å². The van der Waals surface area contributed by atoms with E-state index in [0.29, 0.717) is 39.3 Å². The van der Waals surface area contributed by atoms with Crippen LogP contribution in [0.3, 0.4) is 0 Å². The van der Waals surface area contributed by atoms with E-state index in [0.717, 1.165) is 0 Å². The number of likely N-dealkylation sites (N-methyl/N-ethyl adjacent to an activating group) is 2. The molecule has 36 heteroatoms. The number of carbonyl (C=O) groups is 8. The number of ether oxygens (including phenoxy) is 12. The summed E-state index contributed by atoms with van der Waals surface area (Å²) in [6.07, 6.45) is -7.58. The van der Waals surface area contributed by atoms with E-state index in [2.05, 4.69) is 42.5 Å². The molecular formula is C61H116N8O28. The van der Waals surface area contributed by atoms with Crippen molar-refractivity contribution in [2.75, 3.05) is 211 Å². The Kier molecular flexibility index (Phi) is 60.5. The van der Waals surface area contributed by atoms with Crippen LogP contribution in [0.25, 0.3) is 0 Å². The second kappa shape index (κ2) is 64.0. The third-order valence-corrected chi connectivity index (χ3v) is 12.4. The third-order valence-electron chi connectivity index (χ3n) is 12.4. The van der Waals surface area contributed by atoms with Gasteiger partial charge in [0.05, 0.1) is 138 Å². The van der Waals surface area contributed by atoms with Gasteiger partial charge >= 0.3 is 12.2 Å². The predicted molar refractivity (Wildman–Crippen MR) is 344 cm³/mol. The van der Waals surface area contributed by atoms with Crippen LogP contribution < -0.4 is 42.5 Å². The molecule has 0 spiro atoms. The molecule has 4 unspecified atom stereocenters. The summed E-state index contributed by atoms with van der Waals surface area (Å²) in [6, 6.07) is 0. The Morgan fingerprint density at radius 3 is 0.784 bits per heavy atom. The molecule has 0 saturated heterocycles. The van der Waals surface area contributed by atoms with Crippen molar-refractivity contribution in [2.45, 2.75) is 132 Å². The SMILES string of the molecule is CCNC(=O)CCOCCOCC(COCCOCCC(=O)NCC)OCC(COC(COCCOCCC(=O)NCC)COCCOCCC(=O)NCC)(COC(COOC(=O)NCC)COOC(C)C(=O)NCC)COC(COOC(=O)NCC)COOC(C)C(=O)NCC. The van der Waals surface area contributed by atoms with E-state index in [1.54, 1.807) is 27.7 Å². The normalized spacial score (nSPS) is 12.7. The lowest BCUT2D eigenvalue weighted by atomic mass is 9.91. The molecule has 0 aromatic heterocycles. The molecule has 0 radical (unpaired) electrons. The highest BCUT2D eigenvalue weighted by Crippen LogP contribution is 2.25. The van der Waals surface area contributed by atoms with Crippen LogP contribution in [0.2, 0.25) is 0 Å². The summed E-state index contributed by atoms with van der Waals surface area (Å²) in [6.45, 7) is 17.5. The summed E-state index contributed by atoms with van der Waals surface area (Å²) in [7, 11) is 0. The molecule has 0 aliphatic heterocycles. The first-order chi connectivity index (χ1) is 46.9. The molecular weight excluding hydrogens is 1290 g/mol. The average molecular weight is 1410 g/mol. The second-order valence-electron chi connectivity index (χ2n) is 21.0. The third kappa shape index (κ3) is 54.2. The zero-order valence-corrected chi connectivity index (χ0v) is 58.9. The molecule has 0 saturated carbocycles. The van der Waals surface area contributed by atoms with Crippen molar-refractivity contribution >= 4 is 47.6 Å². The molecule has 8 amide bonds. The van der Waals surface area contributed by atoms with E-state index in [4.69, 9.17) is 95.9 Å². The van der Waals surface area contributed by atoms with Crippen LogP contribution >= 0.6 is 0 Å². The molecule has 0 fully saturated rings. The van der Waals surface area contributed by atoms with Gasteiger partial charge in [0, 0.05) is 78.0 Å². The predicted octanol–water partition coefficient (Wildman–Crippen LogP) is 0.0522. The summed E-state index contributed by atoms with van der Waals surface area (Å²) in [5, 5.41) is 21.1. The zero-order valence-electron chi connectivity index (χ0n) is 58.9. The van der Waals surface area contributed by atoms with Gasteiger partial charge in [-0.1, -0.05) is 0 Å². The monoisotopic (exact) mass is 1410 g/mol. The fourth-order valence-electron chi connectivity index (χ4n) is 7.38. The Morgan fingerprint density at radius 1 is 0.289 bits per heavy atom. The maximum atomic E-state index is 12.7. The lowest BCUT2D eigenvalue weighted by Gasteiger charge is -2.37. The van der Waals surface area contributed by atoms with Gasteiger partial charge in [-0.15, -0.1) is 0 Å². The van der Waals surface area contributed by atoms with E-state index in [-0.39, 0.29) is 181 Å². The molecule has 0 aliphatic rings. The lowest BCUT2D eigenvalue weighted by Crippen LogP contribution is -2.48. The Hall–Kier alpha value is -5.36. The molecule has 97 heavy (non-hydrogen) atoms. The Bertz CT molecular complexity index is 1810. The van der Waals surface area contributed by atoms with Gasteiger partial charge in [0.15, 0.2) is 12.2 Å². The summed E-state index contributed by atoms with van der Waals surface area (Å²) < 4.78 is 73.8. The van der Waals surface area contributed by atoms with Gasteiger partial charge in [0.25, 0.3) is 11.8 Å². The van der Waals surface area contributed by atoms with Gasteiger partial charge in [0.2, 0.25) is 23.6 Å². The van der Waals surface area contributed by atoms with Gasteiger partial charge in [-0.05, 0) is 69.2 Å². The standard InChI is InChI=1S/C61H116N8O28/c1-11-62-53(70)19-23-78-27-31-82-35-49(36-83-32-28-79-24-20-54(71)63-12-2)86-43-61(45-88-51(41-92-96-59(76)68-17-7)39-90-94-47(9)57(74)66-15-5,46-89-52(42-93-97-60(77)69-18-8)40-91-95-48(10)58(75)67-16-6)44-87-50(37-84-33-29-80-25-21-55(72)64-13-3)38-85-34-30-81-26-22-56(73)65-14-4/h47-52H,11-46H2,1-10H3,(H,62,70)(H,63,71)(H,64,72)(H,65,73)(H,66,74)(H,67,75)(H,68,76)(H,69,77). The fraction of sp³-hybridized carbons (Fsp3) is 0.869. The largest absolute Gasteiger partial charge is 0.438 e. The van der Waals surface area contributed by atoms with Gasteiger partial charge in [-0.25, -0.2) is 29.1 Å². The van der Waals surface area contributed by atoms with Crippen molar-refractivity contribution in [2.24, 2.45) is 5.41 Å². The van der Waals surface area contributed by atoms with E-state index >= 15 is 0 Å². The topological polar surface area (TPSA) is 417 Å².